The lowest BCUT2D eigenvalue weighted by molar-refractivity contribution is 0.437. The van der Waals surface area contributed by atoms with Gasteiger partial charge in [0.25, 0.3) is 0 Å². The molecule has 0 unspecified atom stereocenters. The maximum atomic E-state index is 14.2. The van der Waals surface area contributed by atoms with Gasteiger partial charge in [-0.3, -0.25) is 5.41 Å². The van der Waals surface area contributed by atoms with Gasteiger partial charge in [-0.2, -0.15) is 0 Å². The van der Waals surface area contributed by atoms with Crippen molar-refractivity contribution < 1.29 is 9.13 Å². The lowest BCUT2D eigenvalue weighted by Gasteiger charge is -2.12. The van der Waals surface area contributed by atoms with Crippen molar-refractivity contribution in [3.63, 3.8) is 0 Å². The molecule has 0 radical (unpaired) electrons. The molecule has 0 saturated carbocycles. The van der Waals surface area contributed by atoms with Gasteiger partial charge in [0.15, 0.2) is 11.6 Å². The van der Waals surface area contributed by atoms with E-state index in [0.717, 1.165) is 10.0 Å². The van der Waals surface area contributed by atoms with Crippen molar-refractivity contribution >= 4 is 37.7 Å². The summed E-state index contributed by atoms with van der Waals surface area (Å²) in [5.74, 6) is -0.165. The number of ether oxygens (including phenoxy) is 1. The van der Waals surface area contributed by atoms with Gasteiger partial charge >= 0.3 is 0 Å². The van der Waals surface area contributed by atoms with E-state index >= 15 is 0 Å². The lowest BCUT2D eigenvalue weighted by atomic mass is 10.2. The van der Waals surface area contributed by atoms with Crippen LogP contribution in [0.15, 0.2) is 39.3 Å². The van der Waals surface area contributed by atoms with Crippen LogP contribution in [0.2, 0.25) is 0 Å². The summed E-state index contributed by atoms with van der Waals surface area (Å²) < 4.78 is 20.8. The molecule has 104 valence electrons. The summed E-state index contributed by atoms with van der Waals surface area (Å²) in [4.78, 5) is 0. The molecule has 2 aromatic rings. The highest BCUT2D eigenvalue weighted by atomic mass is 79.9. The molecular weight excluding hydrogens is 391 g/mol. The minimum atomic E-state index is -0.586. The van der Waals surface area contributed by atoms with Gasteiger partial charge in [0, 0.05) is 10.0 Å². The quantitative estimate of drug-likeness (QED) is 0.576. The van der Waals surface area contributed by atoms with Crippen LogP contribution in [0.5, 0.6) is 11.5 Å². The molecule has 6 heteroatoms. The van der Waals surface area contributed by atoms with Crippen LogP contribution < -0.4 is 10.5 Å². The predicted octanol–water partition coefficient (Wildman–Crippen LogP) is 4.74. The summed E-state index contributed by atoms with van der Waals surface area (Å²) in [6.45, 7) is 1.87. The first-order valence-corrected chi connectivity index (χ1v) is 7.25. The van der Waals surface area contributed by atoms with Gasteiger partial charge in [-0.1, -0.05) is 22.0 Å². The smallest absolute Gasteiger partial charge is 0.180 e. The van der Waals surface area contributed by atoms with E-state index in [2.05, 4.69) is 31.9 Å². The Morgan fingerprint density at radius 2 is 1.90 bits per heavy atom. The highest BCUT2D eigenvalue weighted by Gasteiger charge is 2.15. The van der Waals surface area contributed by atoms with Crippen molar-refractivity contribution in [3.05, 3.63) is 56.2 Å². The number of hydrogen-bond acceptors (Lipinski definition) is 2. The van der Waals surface area contributed by atoms with E-state index < -0.39 is 5.82 Å². The van der Waals surface area contributed by atoms with E-state index in [1.807, 2.05) is 19.1 Å². The van der Waals surface area contributed by atoms with Crippen LogP contribution in [-0.4, -0.2) is 5.84 Å². The Morgan fingerprint density at radius 3 is 2.55 bits per heavy atom. The molecule has 0 saturated heterocycles. The van der Waals surface area contributed by atoms with E-state index in [0.29, 0.717) is 11.3 Å². The van der Waals surface area contributed by atoms with Crippen molar-refractivity contribution in [2.75, 3.05) is 0 Å². The van der Waals surface area contributed by atoms with Crippen LogP contribution in [0.1, 0.15) is 11.1 Å². The minimum absolute atomic E-state index is 0.0723. The molecule has 20 heavy (non-hydrogen) atoms. The van der Waals surface area contributed by atoms with E-state index in [-0.39, 0.29) is 16.1 Å². The minimum Gasteiger partial charge on any atom is -0.454 e. The molecule has 3 N–H and O–H groups in total. The first kappa shape index (κ1) is 15.0. The molecule has 0 spiro atoms. The molecule has 2 aromatic carbocycles. The standard InChI is InChI=1S/C14H11Br2FN2O/c1-7-2-3-8(15)6-11(7)20-10-5-4-9(14(18)19)12(16)13(10)17/h2-6H,1H3,(H3,18,19). The Balaban J connectivity index is 2.42. The molecule has 0 atom stereocenters. The monoisotopic (exact) mass is 400 g/mol. The summed E-state index contributed by atoms with van der Waals surface area (Å²) in [5, 5.41) is 7.36. The molecule has 2 rings (SSSR count). The molecule has 3 nitrogen and oxygen atoms in total. The first-order valence-electron chi connectivity index (χ1n) is 5.66. The van der Waals surface area contributed by atoms with Gasteiger partial charge < -0.3 is 10.5 Å². The molecule has 0 aliphatic carbocycles. The molecule has 0 amide bonds. The van der Waals surface area contributed by atoms with Crippen LogP contribution >= 0.6 is 31.9 Å². The van der Waals surface area contributed by atoms with Crippen molar-refractivity contribution in [2.24, 2.45) is 5.73 Å². The van der Waals surface area contributed by atoms with Gasteiger partial charge in [0.05, 0.1) is 4.47 Å². The second-order valence-electron chi connectivity index (χ2n) is 4.16. The topological polar surface area (TPSA) is 59.1 Å². The van der Waals surface area contributed by atoms with Crippen LogP contribution in [0.25, 0.3) is 0 Å². The van der Waals surface area contributed by atoms with Crippen molar-refractivity contribution in [1.82, 2.24) is 0 Å². The van der Waals surface area contributed by atoms with Crippen molar-refractivity contribution in [1.29, 1.82) is 5.41 Å². The number of hydrogen-bond donors (Lipinski definition) is 2. The lowest BCUT2D eigenvalue weighted by Crippen LogP contribution is -2.12. The van der Waals surface area contributed by atoms with Gasteiger partial charge in [-0.05, 0) is 52.7 Å². The fourth-order valence-corrected chi connectivity index (χ4v) is 2.50. The number of rotatable bonds is 3. The Bertz CT molecular complexity index is 689. The van der Waals surface area contributed by atoms with E-state index in [4.69, 9.17) is 15.9 Å². The molecule has 0 fully saturated rings. The number of benzene rings is 2. The molecule has 0 aliphatic heterocycles. The summed E-state index contributed by atoms with van der Waals surface area (Å²) in [5.41, 5.74) is 6.55. The highest BCUT2D eigenvalue weighted by Crippen LogP contribution is 2.33. The summed E-state index contributed by atoms with van der Waals surface area (Å²) in [7, 11) is 0. The van der Waals surface area contributed by atoms with Crippen LogP contribution in [0, 0.1) is 18.2 Å². The first-order chi connectivity index (χ1) is 9.40. The van der Waals surface area contributed by atoms with Gasteiger partial charge in [0.2, 0.25) is 0 Å². The van der Waals surface area contributed by atoms with Crippen molar-refractivity contribution in [3.8, 4) is 11.5 Å². The molecule has 0 aliphatic rings. The maximum absolute atomic E-state index is 14.2. The molecule has 0 heterocycles. The van der Waals surface area contributed by atoms with Crippen LogP contribution in [-0.2, 0) is 0 Å². The van der Waals surface area contributed by atoms with Crippen LogP contribution in [0.4, 0.5) is 4.39 Å². The number of aryl methyl sites for hydroxylation is 1. The average Bonchev–Trinajstić information content (AvgIpc) is 2.39. The number of nitrogen functional groups attached to an aromatic ring is 1. The Hall–Kier alpha value is -1.40. The zero-order chi connectivity index (χ0) is 14.9. The summed E-state index contributed by atoms with van der Waals surface area (Å²) in [6, 6.07) is 8.51. The normalized spacial score (nSPS) is 10.4. The SMILES string of the molecule is Cc1ccc(Br)cc1Oc1ccc(C(=N)N)c(Br)c1F. The largest absolute Gasteiger partial charge is 0.454 e. The fourth-order valence-electron chi connectivity index (χ4n) is 1.62. The molecular formula is C14H11Br2FN2O. The van der Waals surface area contributed by atoms with E-state index in [1.165, 1.54) is 12.1 Å². The van der Waals surface area contributed by atoms with Gasteiger partial charge in [-0.25, -0.2) is 4.39 Å². The van der Waals surface area contributed by atoms with Gasteiger partial charge in [-0.15, -0.1) is 0 Å². The number of nitrogens with one attached hydrogen (secondary N) is 1. The third-order valence-electron chi connectivity index (χ3n) is 2.71. The number of amidine groups is 1. The highest BCUT2D eigenvalue weighted by molar-refractivity contribution is 9.10. The van der Waals surface area contributed by atoms with E-state index in [9.17, 15) is 4.39 Å². The Morgan fingerprint density at radius 1 is 1.20 bits per heavy atom. The predicted molar refractivity (Wildman–Crippen MR) is 84.1 cm³/mol. The molecule has 0 aromatic heterocycles. The van der Waals surface area contributed by atoms with Crippen molar-refractivity contribution in [2.45, 2.75) is 6.92 Å². The third-order valence-corrected chi connectivity index (χ3v) is 3.98. The van der Waals surface area contributed by atoms with E-state index in [1.54, 1.807) is 6.07 Å². The third kappa shape index (κ3) is 3.02. The Kier molecular flexibility index (Phi) is 4.45. The summed E-state index contributed by atoms with van der Waals surface area (Å²) >= 11 is 6.44. The zero-order valence-corrected chi connectivity index (χ0v) is 13.7. The number of halogens is 3. The van der Waals surface area contributed by atoms with Gasteiger partial charge in [0.1, 0.15) is 11.6 Å². The Labute approximate surface area is 132 Å². The maximum Gasteiger partial charge on any atom is 0.180 e. The fraction of sp³-hybridized carbons (Fsp3) is 0.0714. The average molecular weight is 402 g/mol. The zero-order valence-electron chi connectivity index (χ0n) is 10.5. The number of nitrogens with two attached hydrogens (primary N) is 1. The second-order valence-corrected chi connectivity index (χ2v) is 5.87. The van der Waals surface area contributed by atoms with Crippen LogP contribution in [0.3, 0.4) is 0 Å². The summed E-state index contributed by atoms with van der Waals surface area (Å²) in [6.07, 6.45) is 0. The molecule has 0 bridgehead atoms. The second kappa shape index (κ2) is 5.93.